The molecule has 1 heterocycles. The van der Waals surface area contributed by atoms with E-state index in [2.05, 4.69) is 21.5 Å². The molecular weight excluding hydrogens is 312 g/mol. The molecule has 0 saturated carbocycles. The highest BCUT2D eigenvalue weighted by Crippen LogP contribution is 2.25. The van der Waals surface area contributed by atoms with E-state index in [9.17, 15) is 4.79 Å². The van der Waals surface area contributed by atoms with Crippen LogP contribution < -0.4 is 0 Å². The average molecular weight is 332 g/mol. The predicted octanol–water partition coefficient (Wildman–Crippen LogP) is 3.52. The normalized spacial score (nSPS) is 11.9. The van der Waals surface area contributed by atoms with Crippen LogP contribution in [0.1, 0.15) is 28.7 Å². The smallest absolute Gasteiger partial charge is 0.337 e. The average Bonchev–Trinajstić information content (AvgIpc) is 3.06. The van der Waals surface area contributed by atoms with Crippen LogP contribution in [0.15, 0.2) is 36.9 Å². The largest absolute Gasteiger partial charge is 0.465 e. The number of esters is 1. The van der Waals surface area contributed by atoms with Crippen molar-refractivity contribution in [1.29, 1.82) is 0 Å². The minimum Gasteiger partial charge on any atom is -0.465 e. The van der Waals surface area contributed by atoms with Crippen LogP contribution in [-0.4, -0.2) is 36.0 Å². The number of nitrogens with zero attached hydrogens (tertiary/aromatic N) is 2. The van der Waals surface area contributed by atoms with Gasteiger partial charge in [-0.05, 0) is 25.5 Å². The van der Waals surface area contributed by atoms with Crippen LogP contribution in [0.4, 0.5) is 0 Å². The molecule has 0 bridgehead atoms. The van der Waals surface area contributed by atoms with Gasteiger partial charge in [-0.15, -0.1) is 16.8 Å². The van der Waals surface area contributed by atoms with Crippen molar-refractivity contribution < 1.29 is 14.3 Å². The summed E-state index contributed by atoms with van der Waals surface area (Å²) in [6.45, 7) is 6.24. The lowest BCUT2D eigenvalue weighted by Gasteiger charge is -2.09. The third-order valence-electron chi connectivity index (χ3n) is 3.28. The van der Waals surface area contributed by atoms with Gasteiger partial charge in [0.1, 0.15) is 10.0 Å². The van der Waals surface area contributed by atoms with Crippen molar-refractivity contribution in [2.45, 2.75) is 25.9 Å². The van der Waals surface area contributed by atoms with Gasteiger partial charge in [0.15, 0.2) is 0 Å². The second kappa shape index (κ2) is 8.55. The topological polar surface area (TPSA) is 61.3 Å². The Morgan fingerprint density at radius 2 is 2.09 bits per heavy atom. The Morgan fingerprint density at radius 1 is 1.35 bits per heavy atom. The number of hydrogen-bond donors (Lipinski definition) is 0. The van der Waals surface area contributed by atoms with Gasteiger partial charge in [0.25, 0.3) is 0 Å². The third-order valence-corrected chi connectivity index (χ3v) is 4.32. The number of hydrogen-bond acceptors (Lipinski definition) is 6. The zero-order chi connectivity index (χ0) is 16.7. The van der Waals surface area contributed by atoms with E-state index in [-0.39, 0.29) is 12.1 Å². The number of rotatable bonds is 8. The molecule has 1 aromatic heterocycles. The molecule has 122 valence electrons. The number of carbonyl (C=O) groups is 1. The minimum atomic E-state index is -0.344. The molecule has 0 fully saturated rings. The first kappa shape index (κ1) is 17.3. The number of benzene rings is 1. The van der Waals surface area contributed by atoms with E-state index in [1.54, 1.807) is 29.5 Å². The van der Waals surface area contributed by atoms with E-state index in [0.29, 0.717) is 12.2 Å². The molecule has 0 N–H and O–H groups in total. The molecule has 0 spiro atoms. The van der Waals surface area contributed by atoms with Crippen LogP contribution >= 0.6 is 11.3 Å². The van der Waals surface area contributed by atoms with E-state index in [4.69, 9.17) is 4.74 Å². The van der Waals surface area contributed by atoms with Crippen molar-refractivity contribution in [3.05, 3.63) is 47.5 Å². The molecule has 0 aliphatic heterocycles. The molecule has 2 rings (SSSR count). The zero-order valence-electron chi connectivity index (χ0n) is 13.3. The van der Waals surface area contributed by atoms with Gasteiger partial charge < -0.3 is 9.47 Å². The Labute approximate surface area is 140 Å². The van der Waals surface area contributed by atoms with Crippen LogP contribution in [0.2, 0.25) is 0 Å². The van der Waals surface area contributed by atoms with E-state index >= 15 is 0 Å². The molecule has 5 nitrogen and oxygen atoms in total. The van der Waals surface area contributed by atoms with Crippen LogP contribution in [0.5, 0.6) is 0 Å². The molecule has 6 heteroatoms. The number of methoxy groups -OCH3 is 1. The van der Waals surface area contributed by atoms with E-state index in [1.807, 2.05) is 19.1 Å². The Kier molecular flexibility index (Phi) is 6.43. The Hall–Kier alpha value is -2.05. The Balaban J connectivity index is 1.96. The van der Waals surface area contributed by atoms with Crippen molar-refractivity contribution in [3.63, 3.8) is 0 Å². The minimum absolute atomic E-state index is 0.166. The van der Waals surface area contributed by atoms with Crippen LogP contribution in [0, 0.1) is 0 Å². The summed E-state index contributed by atoms with van der Waals surface area (Å²) in [4.78, 5) is 11.4. The summed E-state index contributed by atoms with van der Waals surface area (Å²) < 4.78 is 10.2. The summed E-state index contributed by atoms with van der Waals surface area (Å²) in [5.74, 6) is -0.344. The SMILES string of the molecule is C=CCO[C@@H](C)CCc1nnc(-c2ccc(C(=O)OC)cc2)s1. The van der Waals surface area contributed by atoms with Crippen molar-refractivity contribution in [2.24, 2.45) is 0 Å². The highest BCUT2D eigenvalue weighted by atomic mass is 32.1. The molecule has 0 saturated heterocycles. The number of aromatic nitrogens is 2. The lowest BCUT2D eigenvalue weighted by molar-refractivity contribution is 0.0600. The van der Waals surface area contributed by atoms with E-state index < -0.39 is 0 Å². The van der Waals surface area contributed by atoms with Crippen molar-refractivity contribution >= 4 is 17.3 Å². The first-order chi connectivity index (χ1) is 11.1. The van der Waals surface area contributed by atoms with Crippen LogP contribution in [0.25, 0.3) is 10.6 Å². The molecule has 0 unspecified atom stereocenters. The molecule has 2 aromatic rings. The summed E-state index contributed by atoms with van der Waals surface area (Å²) in [6, 6.07) is 7.17. The highest BCUT2D eigenvalue weighted by Gasteiger charge is 2.10. The number of aryl methyl sites for hydroxylation is 1. The van der Waals surface area contributed by atoms with Gasteiger partial charge >= 0.3 is 5.97 Å². The molecule has 0 aliphatic rings. The fourth-order valence-electron chi connectivity index (χ4n) is 1.98. The zero-order valence-corrected chi connectivity index (χ0v) is 14.1. The fraction of sp³-hybridized carbons (Fsp3) is 0.353. The van der Waals surface area contributed by atoms with Gasteiger partial charge in [-0.1, -0.05) is 29.5 Å². The maximum atomic E-state index is 11.4. The first-order valence-electron chi connectivity index (χ1n) is 7.37. The Bertz CT molecular complexity index is 652. The van der Waals surface area contributed by atoms with Crippen molar-refractivity contribution in [1.82, 2.24) is 10.2 Å². The van der Waals surface area contributed by atoms with Gasteiger partial charge in [0, 0.05) is 12.0 Å². The van der Waals surface area contributed by atoms with Gasteiger partial charge in [0.05, 0.1) is 25.4 Å². The maximum Gasteiger partial charge on any atom is 0.337 e. The maximum absolute atomic E-state index is 11.4. The Morgan fingerprint density at radius 3 is 2.74 bits per heavy atom. The summed E-state index contributed by atoms with van der Waals surface area (Å²) >= 11 is 1.56. The number of ether oxygens (including phenoxy) is 2. The second-order valence-electron chi connectivity index (χ2n) is 5.04. The summed E-state index contributed by atoms with van der Waals surface area (Å²) in [5.41, 5.74) is 1.46. The molecule has 1 aromatic carbocycles. The third kappa shape index (κ3) is 4.97. The van der Waals surface area contributed by atoms with Gasteiger partial charge in [-0.3, -0.25) is 0 Å². The van der Waals surface area contributed by atoms with Gasteiger partial charge in [-0.2, -0.15) is 0 Å². The molecule has 0 radical (unpaired) electrons. The lowest BCUT2D eigenvalue weighted by Crippen LogP contribution is -2.09. The lowest BCUT2D eigenvalue weighted by atomic mass is 10.1. The van der Waals surface area contributed by atoms with Gasteiger partial charge in [-0.25, -0.2) is 4.79 Å². The molecule has 0 aliphatic carbocycles. The predicted molar refractivity (Wildman–Crippen MR) is 90.6 cm³/mol. The van der Waals surface area contributed by atoms with E-state index in [1.165, 1.54) is 7.11 Å². The van der Waals surface area contributed by atoms with E-state index in [0.717, 1.165) is 28.4 Å². The molecule has 0 amide bonds. The van der Waals surface area contributed by atoms with Crippen LogP contribution in [-0.2, 0) is 15.9 Å². The summed E-state index contributed by atoms with van der Waals surface area (Å²) in [5, 5.41) is 10.3. The highest BCUT2D eigenvalue weighted by molar-refractivity contribution is 7.14. The second-order valence-corrected chi connectivity index (χ2v) is 6.10. The van der Waals surface area contributed by atoms with Crippen molar-refractivity contribution in [3.8, 4) is 10.6 Å². The molecule has 1 atom stereocenters. The first-order valence-corrected chi connectivity index (χ1v) is 8.19. The van der Waals surface area contributed by atoms with Crippen LogP contribution in [0.3, 0.4) is 0 Å². The standard InChI is InChI=1S/C17H20N2O3S/c1-4-11-22-12(2)5-10-15-18-19-16(23-15)13-6-8-14(9-7-13)17(20)21-3/h4,6-9,12H,1,5,10-11H2,2-3H3/t12-/m0/s1. The molecule has 23 heavy (non-hydrogen) atoms. The van der Waals surface area contributed by atoms with Crippen molar-refractivity contribution in [2.75, 3.05) is 13.7 Å². The summed E-state index contributed by atoms with van der Waals surface area (Å²) in [6.07, 6.45) is 3.64. The quantitative estimate of drug-likeness (QED) is 0.547. The monoisotopic (exact) mass is 332 g/mol. The summed E-state index contributed by atoms with van der Waals surface area (Å²) in [7, 11) is 1.37. The van der Waals surface area contributed by atoms with Gasteiger partial charge in [0.2, 0.25) is 0 Å². The molecular formula is C17H20N2O3S. The number of carbonyl (C=O) groups excluding carboxylic acids is 1. The fourth-order valence-corrected chi connectivity index (χ4v) is 2.84.